The van der Waals surface area contributed by atoms with Crippen molar-refractivity contribution in [1.82, 2.24) is 4.98 Å². The van der Waals surface area contributed by atoms with Gasteiger partial charge in [0, 0.05) is 21.8 Å². The molecule has 0 aliphatic rings. The molecule has 0 atom stereocenters. The molecule has 0 saturated heterocycles. The highest BCUT2D eigenvalue weighted by atomic mass is 79.9. The summed E-state index contributed by atoms with van der Waals surface area (Å²) in [7, 11) is 0. The zero-order valence-electron chi connectivity index (χ0n) is 9.06. The number of aromatic nitrogens is 1. The molecule has 90 valence electrons. The van der Waals surface area contributed by atoms with Crippen LogP contribution in [0.3, 0.4) is 0 Å². The fourth-order valence-electron chi connectivity index (χ4n) is 1.44. The van der Waals surface area contributed by atoms with Crippen LogP contribution in [0.5, 0.6) is 0 Å². The van der Waals surface area contributed by atoms with Gasteiger partial charge in [-0.2, -0.15) is 0 Å². The van der Waals surface area contributed by atoms with E-state index in [4.69, 9.17) is 11.6 Å². The second kappa shape index (κ2) is 5.42. The normalized spacial score (nSPS) is 10.1. The predicted octanol–water partition coefficient (Wildman–Crippen LogP) is 3.56. The third-order valence-corrected chi connectivity index (χ3v) is 2.98. The summed E-state index contributed by atoms with van der Waals surface area (Å²) >= 11 is 8.94. The van der Waals surface area contributed by atoms with Gasteiger partial charge in [-0.15, -0.1) is 0 Å². The van der Waals surface area contributed by atoms with Gasteiger partial charge in [0.1, 0.15) is 5.15 Å². The Morgan fingerprint density at radius 2 is 1.72 bits per heavy atom. The van der Waals surface area contributed by atoms with E-state index in [1.54, 1.807) is 24.3 Å². The van der Waals surface area contributed by atoms with Gasteiger partial charge in [0.25, 0.3) is 0 Å². The molecule has 1 aromatic heterocycles. The van der Waals surface area contributed by atoms with Gasteiger partial charge in [-0.3, -0.25) is 9.59 Å². The van der Waals surface area contributed by atoms with E-state index in [0.717, 1.165) is 4.47 Å². The summed E-state index contributed by atoms with van der Waals surface area (Å²) < 4.78 is 0.744. The third kappa shape index (κ3) is 2.83. The quantitative estimate of drug-likeness (QED) is 0.493. The lowest BCUT2D eigenvalue weighted by atomic mass is 10.0. The summed E-state index contributed by atoms with van der Waals surface area (Å²) in [5.74, 6) is -1.17. The van der Waals surface area contributed by atoms with Crippen molar-refractivity contribution < 1.29 is 9.59 Å². The van der Waals surface area contributed by atoms with Crippen LogP contribution < -0.4 is 0 Å². The summed E-state index contributed by atoms with van der Waals surface area (Å²) in [5, 5.41) is 0.183. The van der Waals surface area contributed by atoms with Gasteiger partial charge < -0.3 is 0 Å². The molecular formula is C13H7BrClNO2. The first-order valence-corrected chi connectivity index (χ1v) is 6.21. The maximum Gasteiger partial charge on any atom is 0.233 e. The van der Waals surface area contributed by atoms with Crippen molar-refractivity contribution in [3.05, 3.63) is 63.3 Å². The Hall–Kier alpha value is -1.52. The number of carbonyl (C=O) groups excluding carboxylic acids is 2. The van der Waals surface area contributed by atoms with E-state index in [1.807, 2.05) is 0 Å². The Labute approximate surface area is 117 Å². The molecule has 5 heteroatoms. The second-order valence-electron chi connectivity index (χ2n) is 3.54. The van der Waals surface area contributed by atoms with Crippen LogP contribution in [-0.2, 0) is 0 Å². The van der Waals surface area contributed by atoms with Crippen LogP contribution in [0.2, 0.25) is 5.15 Å². The molecule has 0 spiro atoms. The van der Waals surface area contributed by atoms with Crippen LogP contribution in [0.25, 0.3) is 0 Å². The molecule has 0 saturated carbocycles. The number of nitrogens with zero attached hydrogens (tertiary/aromatic N) is 1. The molecule has 3 nitrogen and oxygen atoms in total. The Kier molecular flexibility index (Phi) is 3.89. The van der Waals surface area contributed by atoms with E-state index in [-0.39, 0.29) is 10.7 Å². The lowest BCUT2D eigenvalue weighted by Gasteiger charge is -2.01. The number of carbonyl (C=O) groups is 2. The van der Waals surface area contributed by atoms with Crippen LogP contribution in [0.15, 0.2) is 47.1 Å². The van der Waals surface area contributed by atoms with Crippen LogP contribution >= 0.6 is 27.5 Å². The van der Waals surface area contributed by atoms with E-state index in [1.165, 1.54) is 18.3 Å². The Bertz CT molecular complexity index is 572. The number of benzene rings is 1. The smallest absolute Gasteiger partial charge is 0.233 e. The number of rotatable bonds is 3. The molecule has 2 aromatic rings. The van der Waals surface area contributed by atoms with E-state index in [2.05, 4.69) is 20.9 Å². The lowest BCUT2D eigenvalue weighted by molar-refractivity contribution is 0.0817. The minimum atomic E-state index is -0.600. The molecule has 0 fully saturated rings. The highest BCUT2D eigenvalue weighted by Gasteiger charge is 2.18. The molecule has 0 aliphatic carbocycles. The summed E-state index contributed by atoms with van der Waals surface area (Å²) in [6, 6.07) is 9.51. The summed E-state index contributed by atoms with van der Waals surface area (Å²) in [6.07, 6.45) is 1.39. The molecule has 18 heavy (non-hydrogen) atoms. The van der Waals surface area contributed by atoms with Crippen molar-refractivity contribution in [3.63, 3.8) is 0 Å². The monoisotopic (exact) mass is 323 g/mol. The number of hydrogen-bond donors (Lipinski definition) is 0. The number of ketones is 2. The van der Waals surface area contributed by atoms with E-state index < -0.39 is 11.6 Å². The summed E-state index contributed by atoms with van der Waals surface area (Å²) in [6.45, 7) is 0. The van der Waals surface area contributed by atoms with Gasteiger partial charge in [-0.1, -0.05) is 39.7 Å². The molecule has 0 bridgehead atoms. The molecule has 0 aliphatic heterocycles. The number of hydrogen-bond acceptors (Lipinski definition) is 3. The number of halogens is 2. The molecule has 0 N–H and O–H groups in total. The van der Waals surface area contributed by atoms with E-state index in [0.29, 0.717) is 5.56 Å². The van der Waals surface area contributed by atoms with Gasteiger partial charge in [0.2, 0.25) is 11.6 Å². The second-order valence-corrected chi connectivity index (χ2v) is 4.84. The van der Waals surface area contributed by atoms with Crippen molar-refractivity contribution >= 4 is 39.1 Å². The largest absolute Gasteiger partial charge is 0.285 e. The van der Waals surface area contributed by atoms with E-state index in [9.17, 15) is 9.59 Å². The van der Waals surface area contributed by atoms with Crippen molar-refractivity contribution in [2.75, 3.05) is 0 Å². The van der Waals surface area contributed by atoms with Crippen molar-refractivity contribution in [1.29, 1.82) is 0 Å². The zero-order valence-corrected chi connectivity index (χ0v) is 11.4. The average Bonchev–Trinajstić information content (AvgIpc) is 2.37. The molecular weight excluding hydrogens is 318 g/mol. The van der Waals surface area contributed by atoms with E-state index >= 15 is 0 Å². The molecule has 0 amide bonds. The van der Waals surface area contributed by atoms with Crippen LogP contribution in [0, 0.1) is 0 Å². The van der Waals surface area contributed by atoms with Gasteiger partial charge in [-0.05, 0) is 24.3 Å². The summed E-state index contributed by atoms with van der Waals surface area (Å²) in [5.41, 5.74) is 0.572. The maximum atomic E-state index is 12.0. The Morgan fingerprint density at radius 3 is 2.33 bits per heavy atom. The zero-order chi connectivity index (χ0) is 13.1. The minimum Gasteiger partial charge on any atom is -0.285 e. The van der Waals surface area contributed by atoms with Gasteiger partial charge in [-0.25, -0.2) is 4.98 Å². The topological polar surface area (TPSA) is 47.0 Å². The molecule has 0 unspecified atom stereocenters. The average molecular weight is 325 g/mol. The predicted molar refractivity (Wildman–Crippen MR) is 72.1 cm³/mol. The number of Topliss-reactive ketones (excluding diaryl/α,β-unsaturated/α-hetero) is 2. The number of pyridine rings is 1. The Balaban J connectivity index is 2.32. The molecule has 0 radical (unpaired) electrons. The van der Waals surface area contributed by atoms with Gasteiger partial charge >= 0.3 is 0 Å². The highest BCUT2D eigenvalue weighted by molar-refractivity contribution is 9.10. The SMILES string of the molecule is O=C(C(=O)c1ccnc(Cl)c1)c1cccc(Br)c1. The fourth-order valence-corrected chi connectivity index (χ4v) is 2.01. The first kappa shape index (κ1) is 12.9. The standard InChI is InChI=1S/C13H7BrClNO2/c14-10-3-1-2-8(6-10)12(17)13(18)9-4-5-16-11(15)7-9/h1-7H. The van der Waals surface area contributed by atoms with Gasteiger partial charge in [0.05, 0.1) is 0 Å². The first-order valence-electron chi connectivity index (χ1n) is 5.04. The maximum absolute atomic E-state index is 12.0. The van der Waals surface area contributed by atoms with Gasteiger partial charge in [0.15, 0.2) is 0 Å². The van der Waals surface area contributed by atoms with Crippen LogP contribution in [-0.4, -0.2) is 16.6 Å². The van der Waals surface area contributed by atoms with Crippen molar-refractivity contribution in [2.45, 2.75) is 0 Å². The highest BCUT2D eigenvalue weighted by Crippen LogP contribution is 2.15. The molecule has 1 heterocycles. The molecule has 2 rings (SSSR count). The summed E-state index contributed by atoms with van der Waals surface area (Å²) in [4.78, 5) is 27.7. The lowest BCUT2D eigenvalue weighted by Crippen LogP contribution is -2.14. The molecule has 1 aromatic carbocycles. The minimum absolute atomic E-state index is 0.183. The van der Waals surface area contributed by atoms with Crippen LogP contribution in [0.4, 0.5) is 0 Å². The third-order valence-electron chi connectivity index (χ3n) is 2.28. The first-order chi connectivity index (χ1) is 8.58. The van der Waals surface area contributed by atoms with Crippen molar-refractivity contribution in [3.8, 4) is 0 Å². The van der Waals surface area contributed by atoms with Crippen LogP contribution in [0.1, 0.15) is 20.7 Å². The fraction of sp³-hybridized carbons (Fsp3) is 0. The van der Waals surface area contributed by atoms with Crippen molar-refractivity contribution in [2.24, 2.45) is 0 Å². The Morgan fingerprint density at radius 1 is 1.06 bits per heavy atom.